The predicted octanol–water partition coefficient (Wildman–Crippen LogP) is 1.88. The fourth-order valence-corrected chi connectivity index (χ4v) is 2.92. The molecule has 31 heavy (non-hydrogen) atoms. The Hall–Kier alpha value is -3.37. The van der Waals surface area contributed by atoms with E-state index < -0.39 is 23.6 Å². The van der Waals surface area contributed by atoms with E-state index in [4.69, 9.17) is 19.8 Å². The van der Waals surface area contributed by atoms with E-state index in [9.17, 15) is 13.6 Å². The molecule has 0 saturated carbocycles. The lowest BCUT2D eigenvalue weighted by Gasteiger charge is -2.34. The van der Waals surface area contributed by atoms with Crippen LogP contribution in [0.15, 0.2) is 48.5 Å². The largest absolute Gasteiger partial charge is 0.473 e. The first kappa shape index (κ1) is 23.9. The van der Waals surface area contributed by atoms with Crippen molar-refractivity contribution in [1.29, 1.82) is 0 Å². The molecule has 1 aliphatic heterocycles. The second-order valence-electron chi connectivity index (χ2n) is 6.83. The van der Waals surface area contributed by atoms with Crippen molar-refractivity contribution in [2.75, 3.05) is 38.0 Å². The molecule has 2 aromatic carbocycles. The maximum Gasteiger partial charge on any atom is 0.414 e. The minimum atomic E-state index is -1.82. The maximum atomic E-state index is 13.2. The number of carboxylic acids is 2. The van der Waals surface area contributed by atoms with E-state index in [1.54, 1.807) is 0 Å². The summed E-state index contributed by atoms with van der Waals surface area (Å²) in [5.74, 6) is -5.76. The summed E-state index contributed by atoms with van der Waals surface area (Å²) >= 11 is 0. The molecule has 0 spiro atoms. The van der Waals surface area contributed by atoms with Gasteiger partial charge in [0, 0.05) is 44.5 Å². The molecule has 1 heterocycles. The molecule has 1 amide bonds. The molecule has 0 aromatic heterocycles. The van der Waals surface area contributed by atoms with Crippen LogP contribution in [0.2, 0.25) is 0 Å². The number of piperazine rings is 1. The van der Waals surface area contributed by atoms with Crippen LogP contribution in [0, 0.1) is 11.6 Å². The van der Waals surface area contributed by atoms with Crippen LogP contribution in [0.5, 0.6) is 0 Å². The Balaban J connectivity index is 0.000000501. The van der Waals surface area contributed by atoms with Gasteiger partial charge in [0.15, 0.2) is 11.6 Å². The number of carbonyl (C=O) groups is 3. The molecular weight excluding hydrogens is 412 g/mol. The summed E-state index contributed by atoms with van der Waals surface area (Å²) in [7, 11) is 0. The van der Waals surface area contributed by atoms with Crippen molar-refractivity contribution >= 4 is 23.5 Å². The molecule has 10 heteroatoms. The van der Waals surface area contributed by atoms with Crippen LogP contribution in [0.25, 0.3) is 0 Å². The number of aliphatic carboxylic acids is 2. The van der Waals surface area contributed by atoms with Crippen LogP contribution in [-0.4, -0.2) is 70.6 Å². The molecule has 1 fully saturated rings. The van der Waals surface area contributed by atoms with E-state index in [0.717, 1.165) is 44.9 Å². The highest BCUT2D eigenvalue weighted by Crippen LogP contribution is 2.13. The molecule has 8 nitrogen and oxygen atoms in total. The van der Waals surface area contributed by atoms with Gasteiger partial charge < -0.3 is 15.5 Å². The summed E-state index contributed by atoms with van der Waals surface area (Å²) in [5, 5.41) is 17.4. The Labute approximate surface area is 177 Å². The fraction of sp³-hybridized carbons (Fsp3) is 0.286. The monoisotopic (exact) mass is 435 g/mol. The van der Waals surface area contributed by atoms with Gasteiger partial charge >= 0.3 is 11.9 Å². The highest BCUT2D eigenvalue weighted by atomic mass is 19.2. The minimum absolute atomic E-state index is 0.220. The third kappa shape index (κ3) is 8.49. The molecule has 0 aliphatic carbocycles. The predicted molar refractivity (Wildman–Crippen MR) is 108 cm³/mol. The number of benzene rings is 2. The molecule has 0 bridgehead atoms. The zero-order valence-corrected chi connectivity index (χ0v) is 16.6. The SMILES string of the molecule is O=C(CN1CCN(Cc2ccccc2)CC1)Nc1ccc(F)c(F)c1.O=C(O)C(=O)O. The molecule has 166 valence electrons. The van der Waals surface area contributed by atoms with Gasteiger partial charge in [0.2, 0.25) is 5.91 Å². The molecule has 0 atom stereocenters. The van der Waals surface area contributed by atoms with Crippen LogP contribution >= 0.6 is 0 Å². The Morgan fingerprint density at radius 1 is 0.839 bits per heavy atom. The summed E-state index contributed by atoms with van der Waals surface area (Å²) in [4.78, 5) is 34.7. The first-order chi connectivity index (χ1) is 14.7. The van der Waals surface area contributed by atoms with Crippen molar-refractivity contribution in [3.8, 4) is 0 Å². The Morgan fingerprint density at radius 2 is 1.42 bits per heavy atom. The Kier molecular flexibility index (Phi) is 9.04. The molecule has 2 aromatic rings. The van der Waals surface area contributed by atoms with Gasteiger partial charge in [0.05, 0.1) is 6.54 Å². The number of rotatable bonds is 5. The van der Waals surface area contributed by atoms with E-state index in [0.29, 0.717) is 0 Å². The molecule has 0 radical (unpaired) electrons. The van der Waals surface area contributed by atoms with Gasteiger partial charge in [0.1, 0.15) is 0 Å². The smallest absolute Gasteiger partial charge is 0.414 e. The van der Waals surface area contributed by atoms with Crippen molar-refractivity contribution in [1.82, 2.24) is 9.80 Å². The average molecular weight is 435 g/mol. The second-order valence-corrected chi connectivity index (χ2v) is 6.83. The number of nitrogens with zero attached hydrogens (tertiary/aromatic N) is 2. The van der Waals surface area contributed by atoms with Gasteiger partial charge in [0.25, 0.3) is 0 Å². The standard InChI is InChI=1S/C19H21F2N3O.C2H2O4/c20-17-7-6-16(12-18(17)21)22-19(25)14-24-10-8-23(9-11-24)13-15-4-2-1-3-5-15;3-1(4)2(5)6/h1-7,12H,8-11,13-14H2,(H,22,25);(H,3,4)(H,5,6). The van der Waals surface area contributed by atoms with Crippen LogP contribution in [0.1, 0.15) is 5.56 Å². The summed E-state index contributed by atoms with van der Waals surface area (Å²) in [5.41, 5.74) is 1.55. The van der Waals surface area contributed by atoms with Gasteiger partial charge in [-0.05, 0) is 17.7 Å². The number of anilines is 1. The summed E-state index contributed by atoms with van der Waals surface area (Å²) in [6.45, 7) is 4.56. The van der Waals surface area contributed by atoms with Gasteiger partial charge in [-0.25, -0.2) is 18.4 Å². The number of hydrogen-bond donors (Lipinski definition) is 3. The molecular formula is C21H23F2N3O5. The lowest BCUT2D eigenvalue weighted by molar-refractivity contribution is -0.159. The number of halogens is 2. The molecule has 3 N–H and O–H groups in total. The molecule has 0 unspecified atom stereocenters. The van der Waals surface area contributed by atoms with E-state index in [2.05, 4.69) is 27.2 Å². The second kappa shape index (κ2) is 11.7. The number of hydrogen-bond acceptors (Lipinski definition) is 5. The Morgan fingerprint density at radius 3 is 1.97 bits per heavy atom. The van der Waals surface area contributed by atoms with Gasteiger partial charge in [-0.15, -0.1) is 0 Å². The highest BCUT2D eigenvalue weighted by molar-refractivity contribution is 6.27. The van der Waals surface area contributed by atoms with Crippen molar-refractivity contribution in [2.45, 2.75) is 6.54 Å². The van der Waals surface area contributed by atoms with Crippen molar-refractivity contribution in [2.24, 2.45) is 0 Å². The van der Waals surface area contributed by atoms with E-state index >= 15 is 0 Å². The number of carbonyl (C=O) groups excluding carboxylic acids is 1. The zero-order chi connectivity index (χ0) is 22.8. The van der Waals surface area contributed by atoms with E-state index in [1.165, 1.54) is 11.6 Å². The van der Waals surface area contributed by atoms with Crippen molar-refractivity contribution in [3.05, 3.63) is 65.7 Å². The van der Waals surface area contributed by atoms with Gasteiger partial charge in [-0.2, -0.15) is 0 Å². The fourth-order valence-electron chi connectivity index (χ4n) is 2.92. The van der Waals surface area contributed by atoms with Gasteiger partial charge in [-0.3, -0.25) is 14.6 Å². The number of carboxylic acid groups (broad SMARTS) is 2. The highest BCUT2D eigenvalue weighted by Gasteiger charge is 2.19. The van der Waals surface area contributed by atoms with Crippen molar-refractivity contribution < 1.29 is 33.4 Å². The normalized spacial score (nSPS) is 14.3. The van der Waals surface area contributed by atoms with Crippen LogP contribution in [0.3, 0.4) is 0 Å². The average Bonchev–Trinajstić information content (AvgIpc) is 2.73. The first-order valence-electron chi connectivity index (χ1n) is 9.44. The summed E-state index contributed by atoms with van der Waals surface area (Å²) in [6.07, 6.45) is 0. The summed E-state index contributed by atoms with van der Waals surface area (Å²) < 4.78 is 26.1. The van der Waals surface area contributed by atoms with E-state index in [-0.39, 0.29) is 18.1 Å². The lowest BCUT2D eigenvalue weighted by Crippen LogP contribution is -2.48. The first-order valence-corrected chi connectivity index (χ1v) is 9.44. The topological polar surface area (TPSA) is 110 Å². The molecule has 3 rings (SSSR count). The molecule has 1 aliphatic rings. The van der Waals surface area contributed by atoms with Gasteiger partial charge in [-0.1, -0.05) is 30.3 Å². The maximum absolute atomic E-state index is 13.2. The third-order valence-corrected chi connectivity index (χ3v) is 4.47. The third-order valence-electron chi connectivity index (χ3n) is 4.47. The number of amides is 1. The van der Waals surface area contributed by atoms with Crippen LogP contribution in [-0.2, 0) is 20.9 Å². The summed E-state index contributed by atoms with van der Waals surface area (Å²) in [6, 6.07) is 13.7. The van der Waals surface area contributed by atoms with Crippen LogP contribution < -0.4 is 5.32 Å². The lowest BCUT2D eigenvalue weighted by atomic mass is 10.2. The Bertz CT molecular complexity index is 891. The zero-order valence-electron chi connectivity index (χ0n) is 16.6. The molecule has 1 saturated heterocycles. The van der Waals surface area contributed by atoms with Crippen molar-refractivity contribution in [3.63, 3.8) is 0 Å². The quantitative estimate of drug-likeness (QED) is 0.615. The van der Waals surface area contributed by atoms with E-state index in [1.807, 2.05) is 18.2 Å². The van der Waals surface area contributed by atoms with Crippen LogP contribution in [0.4, 0.5) is 14.5 Å². The minimum Gasteiger partial charge on any atom is -0.473 e. The number of nitrogens with one attached hydrogen (secondary N) is 1.